The molecule has 2 N–H and O–H groups in total. The van der Waals surface area contributed by atoms with Crippen LogP contribution in [0.15, 0.2) is 72.1 Å². The number of fused-ring (bicyclic) bond motifs is 1. The van der Waals surface area contributed by atoms with Crippen molar-refractivity contribution in [2.45, 2.75) is 58.3 Å². The third-order valence-corrected chi connectivity index (χ3v) is 7.00. The summed E-state index contributed by atoms with van der Waals surface area (Å²) in [6, 6.07) is 19.8. The van der Waals surface area contributed by atoms with E-state index >= 15 is 0 Å². The molecule has 3 aromatic rings. The zero-order valence-corrected chi connectivity index (χ0v) is 24.5. The van der Waals surface area contributed by atoms with E-state index in [1.165, 1.54) is 19.3 Å². The Labute approximate surface area is 247 Å². The smallest absolute Gasteiger partial charge is 0.347 e. The molecule has 0 spiro atoms. The van der Waals surface area contributed by atoms with Gasteiger partial charge in [-0.1, -0.05) is 63.8 Å². The van der Waals surface area contributed by atoms with E-state index in [4.69, 9.17) is 29.4 Å². The predicted molar refractivity (Wildman–Crippen MR) is 160 cm³/mol. The standard InChI is InChI=1S/C34H38N2O6/c1-4-6-7-8-11-19-40-29-17-14-23(20-31(29)38-3)32-25-16-15-24(21-30(25)42-33(36)27(32)22-35)41-34(37)26-12-9-10-13-28(26)39-18-5-2/h9-10,12-17,20-21,32H,4-8,11,18-19,36H2,1-3H3. The number of nitriles is 1. The summed E-state index contributed by atoms with van der Waals surface area (Å²) < 4.78 is 28.9. The Morgan fingerprint density at radius 1 is 0.905 bits per heavy atom. The normalized spacial score (nSPS) is 13.9. The van der Waals surface area contributed by atoms with Gasteiger partial charge in [-0.05, 0) is 48.7 Å². The SMILES string of the molecule is CCCCCCCOc1ccc(C2C(C#N)=C(N)Oc3cc(OC(=O)c4ccccc4OCCC)ccc32)cc1OC. The van der Waals surface area contributed by atoms with Gasteiger partial charge in [-0.25, -0.2) is 4.79 Å². The van der Waals surface area contributed by atoms with Gasteiger partial charge in [0, 0.05) is 11.6 Å². The van der Waals surface area contributed by atoms with Gasteiger partial charge in [0.25, 0.3) is 0 Å². The van der Waals surface area contributed by atoms with Crippen LogP contribution in [0.4, 0.5) is 0 Å². The summed E-state index contributed by atoms with van der Waals surface area (Å²) in [7, 11) is 1.59. The molecule has 0 saturated heterocycles. The molecule has 4 rings (SSSR count). The number of rotatable bonds is 14. The maximum absolute atomic E-state index is 13.0. The van der Waals surface area contributed by atoms with E-state index in [2.05, 4.69) is 13.0 Å². The van der Waals surface area contributed by atoms with Crippen LogP contribution in [0.3, 0.4) is 0 Å². The first kappa shape index (κ1) is 30.3. The zero-order valence-electron chi connectivity index (χ0n) is 24.5. The van der Waals surface area contributed by atoms with Gasteiger partial charge >= 0.3 is 5.97 Å². The fraction of sp³-hybridized carbons (Fsp3) is 0.353. The van der Waals surface area contributed by atoms with E-state index in [0.717, 1.165) is 24.8 Å². The number of nitrogens with two attached hydrogens (primary N) is 1. The first-order chi connectivity index (χ1) is 20.5. The minimum absolute atomic E-state index is 0.0110. The minimum atomic E-state index is -0.555. The molecule has 1 aliphatic heterocycles. The van der Waals surface area contributed by atoms with Crippen LogP contribution in [0.1, 0.15) is 79.8 Å². The Bertz CT molecular complexity index is 1460. The number of hydrogen-bond acceptors (Lipinski definition) is 8. The average molecular weight is 571 g/mol. The van der Waals surface area contributed by atoms with Gasteiger partial charge in [0.1, 0.15) is 34.5 Å². The molecule has 1 heterocycles. The number of carbonyl (C=O) groups excluding carboxylic acids is 1. The molecule has 0 saturated carbocycles. The second kappa shape index (κ2) is 14.8. The van der Waals surface area contributed by atoms with Crippen LogP contribution in [0, 0.1) is 11.3 Å². The van der Waals surface area contributed by atoms with Gasteiger partial charge in [-0.2, -0.15) is 5.26 Å². The molecule has 0 aliphatic carbocycles. The molecule has 8 heteroatoms. The number of hydrogen-bond donors (Lipinski definition) is 1. The maximum Gasteiger partial charge on any atom is 0.347 e. The minimum Gasteiger partial charge on any atom is -0.493 e. The Kier molecular flexibility index (Phi) is 10.7. The topological polar surface area (TPSA) is 113 Å². The number of unbranched alkanes of at least 4 members (excludes halogenated alkanes) is 4. The largest absolute Gasteiger partial charge is 0.493 e. The number of esters is 1. The van der Waals surface area contributed by atoms with E-state index in [-0.39, 0.29) is 17.2 Å². The number of methoxy groups -OCH3 is 1. The lowest BCUT2D eigenvalue weighted by atomic mass is 9.83. The fourth-order valence-corrected chi connectivity index (χ4v) is 4.85. The second-order valence-electron chi connectivity index (χ2n) is 10.0. The number of allylic oxidation sites excluding steroid dienone is 1. The van der Waals surface area contributed by atoms with Crippen molar-refractivity contribution in [3.8, 4) is 34.8 Å². The third-order valence-electron chi connectivity index (χ3n) is 7.00. The lowest BCUT2D eigenvalue weighted by molar-refractivity contribution is 0.0730. The number of benzene rings is 3. The molecule has 0 aromatic heterocycles. The van der Waals surface area contributed by atoms with Crippen LogP contribution < -0.4 is 29.4 Å². The van der Waals surface area contributed by atoms with Gasteiger partial charge < -0.3 is 29.4 Å². The fourth-order valence-electron chi connectivity index (χ4n) is 4.85. The van der Waals surface area contributed by atoms with E-state index in [0.29, 0.717) is 47.3 Å². The Balaban J connectivity index is 1.57. The highest BCUT2D eigenvalue weighted by molar-refractivity contribution is 5.94. The van der Waals surface area contributed by atoms with Crippen LogP contribution in [0.25, 0.3) is 0 Å². The van der Waals surface area contributed by atoms with Crippen molar-refractivity contribution < 1.29 is 28.5 Å². The van der Waals surface area contributed by atoms with Crippen molar-refractivity contribution in [1.29, 1.82) is 5.26 Å². The van der Waals surface area contributed by atoms with Crippen LogP contribution in [-0.2, 0) is 0 Å². The van der Waals surface area contributed by atoms with Crippen molar-refractivity contribution in [2.75, 3.05) is 20.3 Å². The average Bonchev–Trinajstić information content (AvgIpc) is 3.01. The number of nitrogens with zero attached hydrogens (tertiary/aromatic N) is 1. The summed E-state index contributed by atoms with van der Waals surface area (Å²) in [5, 5.41) is 9.99. The lowest BCUT2D eigenvalue weighted by Crippen LogP contribution is -2.21. The Morgan fingerprint density at radius 2 is 1.69 bits per heavy atom. The molecule has 1 atom stereocenters. The molecule has 1 aliphatic rings. The highest BCUT2D eigenvalue weighted by Crippen LogP contribution is 2.45. The van der Waals surface area contributed by atoms with Crippen molar-refractivity contribution in [1.82, 2.24) is 0 Å². The molecule has 0 bridgehead atoms. The van der Waals surface area contributed by atoms with Crippen molar-refractivity contribution in [3.05, 3.63) is 88.8 Å². The van der Waals surface area contributed by atoms with Gasteiger partial charge in [-0.3, -0.25) is 0 Å². The van der Waals surface area contributed by atoms with Crippen LogP contribution in [-0.4, -0.2) is 26.3 Å². The molecular formula is C34H38N2O6. The van der Waals surface area contributed by atoms with Gasteiger partial charge in [0.15, 0.2) is 11.5 Å². The van der Waals surface area contributed by atoms with E-state index in [1.807, 2.05) is 25.1 Å². The number of ether oxygens (including phenoxy) is 5. The van der Waals surface area contributed by atoms with Gasteiger partial charge in [-0.15, -0.1) is 0 Å². The highest BCUT2D eigenvalue weighted by Gasteiger charge is 2.32. The van der Waals surface area contributed by atoms with Gasteiger partial charge in [0.2, 0.25) is 5.88 Å². The lowest BCUT2D eigenvalue weighted by Gasteiger charge is -2.27. The second-order valence-corrected chi connectivity index (χ2v) is 10.0. The molecule has 42 heavy (non-hydrogen) atoms. The van der Waals surface area contributed by atoms with E-state index in [1.54, 1.807) is 49.6 Å². The first-order valence-electron chi connectivity index (χ1n) is 14.5. The summed E-state index contributed by atoms with van der Waals surface area (Å²) >= 11 is 0. The van der Waals surface area contributed by atoms with Gasteiger partial charge in [0.05, 0.1) is 26.2 Å². The van der Waals surface area contributed by atoms with Crippen molar-refractivity contribution >= 4 is 5.97 Å². The molecule has 8 nitrogen and oxygen atoms in total. The molecule has 3 aromatic carbocycles. The molecule has 0 radical (unpaired) electrons. The van der Waals surface area contributed by atoms with E-state index < -0.39 is 11.9 Å². The van der Waals surface area contributed by atoms with Crippen molar-refractivity contribution in [3.63, 3.8) is 0 Å². The summed E-state index contributed by atoms with van der Waals surface area (Å²) in [5.74, 6) is 1.26. The summed E-state index contributed by atoms with van der Waals surface area (Å²) in [4.78, 5) is 13.0. The quantitative estimate of drug-likeness (QED) is 0.122. The van der Waals surface area contributed by atoms with Crippen LogP contribution in [0.2, 0.25) is 0 Å². The molecule has 0 fully saturated rings. The van der Waals surface area contributed by atoms with Crippen molar-refractivity contribution in [2.24, 2.45) is 5.73 Å². The monoisotopic (exact) mass is 570 g/mol. The maximum atomic E-state index is 13.0. The summed E-state index contributed by atoms with van der Waals surface area (Å²) in [6.07, 6.45) is 6.54. The molecular weight excluding hydrogens is 532 g/mol. The molecule has 1 unspecified atom stereocenters. The zero-order chi connectivity index (χ0) is 29.9. The Morgan fingerprint density at radius 3 is 2.45 bits per heavy atom. The first-order valence-corrected chi connectivity index (χ1v) is 14.5. The number of carbonyl (C=O) groups is 1. The molecule has 0 amide bonds. The predicted octanol–water partition coefficient (Wildman–Crippen LogP) is 7.27. The van der Waals surface area contributed by atoms with Crippen LogP contribution in [0.5, 0.6) is 28.7 Å². The summed E-state index contributed by atoms with van der Waals surface area (Å²) in [6.45, 7) is 5.28. The summed E-state index contributed by atoms with van der Waals surface area (Å²) in [5.41, 5.74) is 8.31. The van der Waals surface area contributed by atoms with Crippen LogP contribution >= 0.6 is 0 Å². The molecule has 220 valence electrons. The highest BCUT2D eigenvalue weighted by atomic mass is 16.5. The Hall–Kier alpha value is -4.64. The third kappa shape index (κ3) is 7.16. The number of para-hydroxylation sites is 1. The van der Waals surface area contributed by atoms with E-state index in [9.17, 15) is 10.1 Å².